The van der Waals surface area contributed by atoms with Crippen LogP contribution in [0.4, 0.5) is 5.69 Å². The van der Waals surface area contributed by atoms with Crippen LogP contribution in [0.3, 0.4) is 0 Å². The van der Waals surface area contributed by atoms with E-state index in [0.717, 1.165) is 0 Å². The molecule has 0 radical (unpaired) electrons. The maximum atomic E-state index is 12.3. The number of hydrogen-bond acceptors (Lipinski definition) is 6. The molecule has 8 nitrogen and oxygen atoms in total. The first-order chi connectivity index (χ1) is 9.02. The highest BCUT2D eigenvalue weighted by Gasteiger charge is 2.31. The van der Waals surface area contributed by atoms with Gasteiger partial charge in [0.2, 0.25) is 0 Å². The van der Waals surface area contributed by atoms with Crippen molar-refractivity contribution in [2.24, 2.45) is 7.05 Å². The third kappa shape index (κ3) is 2.68. The predicted octanol–water partition coefficient (Wildman–Crippen LogP) is -0.984. The SMILES string of the molecule is COC(=O)C1CN(C(=O)c2nn(C)cc2N)CCO1. The molecule has 0 saturated carbocycles. The maximum absolute atomic E-state index is 12.3. The second-order valence-corrected chi connectivity index (χ2v) is 4.24. The van der Waals surface area contributed by atoms with Gasteiger partial charge in [-0.2, -0.15) is 5.10 Å². The van der Waals surface area contributed by atoms with Gasteiger partial charge in [0.1, 0.15) is 0 Å². The fraction of sp³-hybridized carbons (Fsp3) is 0.545. The molecule has 104 valence electrons. The van der Waals surface area contributed by atoms with Gasteiger partial charge in [0, 0.05) is 19.8 Å². The summed E-state index contributed by atoms with van der Waals surface area (Å²) in [5.74, 6) is -0.804. The molecule has 19 heavy (non-hydrogen) atoms. The number of carbonyl (C=O) groups excluding carboxylic acids is 2. The van der Waals surface area contributed by atoms with Crippen molar-refractivity contribution >= 4 is 17.6 Å². The van der Waals surface area contributed by atoms with Crippen molar-refractivity contribution in [3.8, 4) is 0 Å². The number of ether oxygens (including phenoxy) is 2. The number of nitrogen functional groups attached to an aromatic ring is 1. The van der Waals surface area contributed by atoms with Crippen LogP contribution >= 0.6 is 0 Å². The van der Waals surface area contributed by atoms with Crippen molar-refractivity contribution < 1.29 is 19.1 Å². The first-order valence-electron chi connectivity index (χ1n) is 5.80. The molecule has 0 bridgehead atoms. The first kappa shape index (κ1) is 13.3. The number of methoxy groups -OCH3 is 1. The number of nitrogens with zero attached hydrogens (tertiary/aromatic N) is 3. The van der Waals surface area contributed by atoms with Crippen LogP contribution in [0.15, 0.2) is 6.20 Å². The minimum atomic E-state index is -0.757. The van der Waals surface area contributed by atoms with Gasteiger partial charge in [-0.15, -0.1) is 0 Å². The van der Waals surface area contributed by atoms with Gasteiger partial charge in [0.25, 0.3) is 5.91 Å². The van der Waals surface area contributed by atoms with Gasteiger partial charge in [0.15, 0.2) is 11.8 Å². The van der Waals surface area contributed by atoms with Crippen LogP contribution < -0.4 is 5.73 Å². The number of esters is 1. The van der Waals surface area contributed by atoms with Gasteiger partial charge < -0.3 is 20.1 Å². The molecule has 1 aromatic heterocycles. The lowest BCUT2D eigenvalue weighted by molar-refractivity contribution is -0.158. The summed E-state index contributed by atoms with van der Waals surface area (Å²) in [6.07, 6.45) is 0.804. The molecule has 0 aromatic carbocycles. The van der Waals surface area contributed by atoms with Gasteiger partial charge in [0.05, 0.1) is 25.9 Å². The highest BCUT2D eigenvalue weighted by atomic mass is 16.6. The number of carbonyl (C=O) groups is 2. The molecule has 1 saturated heterocycles. The smallest absolute Gasteiger partial charge is 0.336 e. The van der Waals surface area contributed by atoms with Gasteiger partial charge in [-0.1, -0.05) is 0 Å². The van der Waals surface area contributed by atoms with E-state index in [2.05, 4.69) is 9.84 Å². The van der Waals surface area contributed by atoms with E-state index >= 15 is 0 Å². The van der Waals surface area contributed by atoms with Crippen LogP contribution in [-0.4, -0.2) is 59.5 Å². The van der Waals surface area contributed by atoms with Crippen LogP contribution in [-0.2, 0) is 21.3 Å². The van der Waals surface area contributed by atoms with Gasteiger partial charge in [-0.25, -0.2) is 4.79 Å². The minimum Gasteiger partial charge on any atom is -0.467 e. The summed E-state index contributed by atoms with van der Waals surface area (Å²) >= 11 is 0. The van der Waals surface area contributed by atoms with Crippen LogP contribution in [0.1, 0.15) is 10.5 Å². The fourth-order valence-electron chi connectivity index (χ4n) is 1.93. The first-order valence-corrected chi connectivity index (χ1v) is 5.80. The maximum Gasteiger partial charge on any atom is 0.336 e. The van der Waals surface area contributed by atoms with Crippen molar-refractivity contribution in [3.05, 3.63) is 11.9 Å². The van der Waals surface area contributed by atoms with Crippen LogP contribution in [0, 0.1) is 0 Å². The van der Waals surface area contributed by atoms with Crippen LogP contribution in [0.2, 0.25) is 0 Å². The number of aromatic nitrogens is 2. The topological polar surface area (TPSA) is 99.7 Å². The van der Waals surface area contributed by atoms with E-state index in [4.69, 9.17) is 10.5 Å². The number of hydrogen-bond donors (Lipinski definition) is 1. The molecule has 2 N–H and O–H groups in total. The highest BCUT2D eigenvalue weighted by Crippen LogP contribution is 2.15. The highest BCUT2D eigenvalue weighted by molar-refractivity contribution is 5.97. The number of nitrogens with two attached hydrogens (primary N) is 1. The molecule has 2 rings (SSSR count). The lowest BCUT2D eigenvalue weighted by Gasteiger charge is -2.31. The molecule has 1 atom stereocenters. The molecule has 8 heteroatoms. The number of amides is 1. The number of rotatable bonds is 2. The van der Waals surface area contributed by atoms with Crippen molar-refractivity contribution in [1.29, 1.82) is 0 Å². The Hall–Kier alpha value is -2.09. The minimum absolute atomic E-state index is 0.140. The number of anilines is 1. The average Bonchev–Trinajstić information content (AvgIpc) is 2.76. The quantitative estimate of drug-likeness (QED) is 0.692. The van der Waals surface area contributed by atoms with Crippen molar-refractivity contribution in [3.63, 3.8) is 0 Å². The lowest BCUT2D eigenvalue weighted by atomic mass is 10.2. The second-order valence-electron chi connectivity index (χ2n) is 4.24. The molecule has 1 aliphatic heterocycles. The van der Waals surface area contributed by atoms with Crippen molar-refractivity contribution in [2.45, 2.75) is 6.10 Å². The molecule has 0 aliphatic carbocycles. The summed E-state index contributed by atoms with van der Waals surface area (Å²) in [6, 6.07) is 0. The summed E-state index contributed by atoms with van der Waals surface area (Å²) in [4.78, 5) is 25.2. The van der Waals surface area contributed by atoms with E-state index in [0.29, 0.717) is 12.2 Å². The zero-order chi connectivity index (χ0) is 14.0. The van der Waals surface area contributed by atoms with E-state index < -0.39 is 12.1 Å². The standard InChI is InChI=1S/C11H16N4O4/c1-14-5-7(12)9(13-14)10(16)15-3-4-19-8(6-15)11(17)18-2/h5,8H,3-4,6,12H2,1-2H3. The monoisotopic (exact) mass is 268 g/mol. The summed E-state index contributed by atoms with van der Waals surface area (Å²) < 4.78 is 11.3. The Labute approximate surface area is 110 Å². The molecular formula is C11H16N4O4. The Kier molecular flexibility index (Phi) is 3.70. The molecule has 1 aromatic rings. The second kappa shape index (κ2) is 5.27. The van der Waals surface area contributed by atoms with Gasteiger partial charge in [-0.3, -0.25) is 9.48 Å². The molecule has 1 aliphatic rings. The summed E-state index contributed by atoms with van der Waals surface area (Å²) in [6.45, 7) is 0.808. The van der Waals surface area contributed by atoms with E-state index in [1.165, 1.54) is 16.7 Å². The Morgan fingerprint density at radius 3 is 2.89 bits per heavy atom. The lowest BCUT2D eigenvalue weighted by Crippen LogP contribution is -2.49. The average molecular weight is 268 g/mol. The van der Waals surface area contributed by atoms with Gasteiger partial charge >= 0.3 is 5.97 Å². The van der Waals surface area contributed by atoms with Crippen molar-refractivity contribution in [1.82, 2.24) is 14.7 Å². The normalized spacial score (nSPS) is 19.3. The molecule has 1 amide bonds. The molecule has 0 spiro atoms. The fourth-order valence-corrected chi connectivity index (χ4v) is 1.93. The Balaban J connectivity index is 2.11. The predicted molar refractivity (Wildman–Crippen MR) is 65.3 cm³/mol. The van der Waals surface area contributed by atoms with Crippen LogP contribution in [0.5, 0.6) is 0 Å². The zero-order valence-corrected chi connectivity index (χ0v) is 10.8. The largest absolute Gasteiger partial charge is 0.467 e. The summed E-state index contributed by atoms with van der Waals surface area (Å²) in [5, 5.41) is 4.02. The molecule has 2 heterocycles. The van der Waals surface area contributed by atoms with E-state index in [1.54, 1.807) is 13.2 Å². The third-order valence-corrected chi connectivity index (χ3v) is 2.88. The zero-order valence-electron chi connectivity index (χ0n) is 10.8. The van der Waals surface area contributed by atoms with Crippen LogP contribution in [0.25, 0.3) is 0 Å². The third-order valence-electron chi connectivity index (χ3n) is 2.88. The number of aryl methyl sites for hydroxylation is 1. The Morgan fingerprint density at radius 1 is 1.58 bits per heavy atom. The van der Waals surface area contributed by atoms with E-state index in [-0.39, 0.29) is 24.8 Å². The van der Waals surface area contributed by atoms with Gasteiger partial charge in [-0.05, 0) is 0 Å². The van der Waals surface area contributed by atoms with E-state index in [9.17, 15) is 9.59 Å². The molecular weight excluding hydrogens is 252 g/mol. The molecule has 1 fully saturated rings. The van der Waals surface area contributed by atoms with Crippen molar-refractivity contribution in [2.75, 3.05) is 32.5 Å². The Bertz CT molecular complexity index is 499. The summed E-state index contributed by atoms with van der Waals surface area (Å²) in [5.41, 5.74) is 6.22. The summed E-state index contributed by atoms with van der Waals surface area (Å²) in [7, 11) is 2.97. The van der Waals surface area contributed by atoms with E-state index in [1.807, 2.05) is 0 Å². The molecule has 1 unspecified atom stereocenters. The number of morpholine rings is 1. The Morgan fingerprint density at radius 2 is 2.32 bits per heavy atom.